The predicted octanol–water partition coefficient (Wildman–Crippen LogP) is 4.16. The summed E-state index contributed by atoms with van der Waals surface area (Å²) in [5.74, 6) is 0.346. The molecule has 184 valence electrons. The summed E-state index contributed by atoms with van der Waals surface area (Å²) >= 11 is 0. The topological polar surface area (TPSA) is 76.2 Å². The molecule has 0 bridgehead atoms. The van der Waals surface area contributed by atoms with Gasteiger partial charge in [0.2, 0.25) is 0 Å². The van der Waals surface area contributed by atoms with E-state index in [1.165, 1.54) is 11.1 Å². The molecule has 2 fully saturated rings. The fourth-order valence-corrected chi connectivity index (χ4v) is 4.88. The highest BCUT2D eigenvalue weighted by molar-refractivity contribution is 7.85. The minimum absolute atomic E-state index is 0.117. The van der Waals surface area contributed by atoms with Crippen molar-refractivity contribution in [1.82, 2.24) is 9.80 Å². The highest BCUT2D eigenvalue weighted by atomic mass is 32.2. The molecule has 1 aromatic rings. The number of amides is 1. The first-order valence-electron chi connectivity index (χ1n) is 11.7. The molecule has 2 atom stereocenters. The van der Waals surface area contributed by atoms with Gasteiger partial charge < -0.3 is 14.5 Å². The molecular formula is C25H38N2O5S. The van der Waals surface area contributed by atoms with Crippen LogP contribution in [0.2, 0.25) is 0 Å². The molecule has 0 aromatic heterocycles. The standard InChI is InChI=1S/C25H38N2O5S/c1-19(17-20-9-7-6-8-10-20)22-18-23(22)27(24(28)32-25(2,3)4)21-11-13-26(14-12-21)15-16-31-33(5,29)30/h6-10,17,21-23H,11-16,18H2,1-5H3/b19-17+/t22-,23+/m0/s1. The highest BCUT2D eigenvalue weighted by Crippen LogP contribution is 2.44. The van der Waals surface area contributed by atoms with Gasteiger partial charge in [-0.3, -0.25) is 4.18 Å². The Bertz CT molecular complexity index is 931. The third-order valence-electron chi connectivity index (χ3n) is 6.15. The number of carbonyl (C=O) groups is 1. The van der Waals surface area contributed by atoms with E-state index in [-0.39, 0.29) is 24.8 Å². The summed E-state index contributed by atoms with van der Waals surface area (Å²) in [5.41, 5.74) is 1.92. The molecular weight excluding hydrogens is 440 g/mol. The zero-order chi connectivity index (χ0) is 24.2. The molecule has 0 spiro atoms. The summed E-state index contributed by atoms with van der Waals surface area (Å²) in [5, 5.41) is 0. The monoisotopic (exact) mass is 478 g/mol. The minimum Gasteiger partial charge on any atom is -0.444 e. The smallest absolute Gasteiger partial charge is 0.410 e. The number of piperidine rings is 1. The van der Waals surface area contributed by atoms with Crippen LogP contribution in [0.15, 0.2) is 35.9 Å². The second-order valence-corrected chi connectivity index (χ2v) is 11.8. The molecule has 1 heterocycles. The maximum Gasteiger partial charge on any atom is 0.410 e. The van der Waals surface area contributed by atoms with E-state index >= 15 is 0 Å². The molecule has 7 nitrogen and oxygen atoms in total. The first-order valence-corrected chi connectivity index (χ1v) is 13.6. The number of benzene rings is 1. The predicted molar refractivity (Wildman–Crippen MR) is 130 cm³/mol. The third kappa shape index (κ3) is 8.12. The SMILES string of the molecule is C/C(=C\c1ccccc1)[C@@H]1C[C@H]1N(C(=O)OC(C)(C)C)C1CCN(CCOS(C)(=O)=O)CC1. The first-order chi connectivity index (χ1) is 15.4. The number of rotatable bonds is 8. The Kier molecular flexibility index (Phi) is 8.24. The maximum atomic E-state index is 13.2. The molecule has 1 amide bonds. The van der Waals surface area contributed by atoms with Crippen LogP contribution in [-0.2, 0) is 19.0 Å². The van der Waals surface area contributed by atoms with Crippen molar-refractivity contribution in [1.29, 1.82) is 0 Å². The van der Waals surface area contributed by atoms with Crippen molar-refractivity contribution in [2.24, 2.45) is 5.92 Å². The van der Waals surface area contributed by atoms with Crippen LogP contribution in [-0.4, -0.2) is 74.5 Å². The molecule has 1 aliphatic carbocycles. The largest absolute Gasteiger partial charge is 0.444 e. The van der Waals surface area contributed by atoms with Crippen LogP contribution >= 0.6 is 0 Å². The number of hydrogen-bond acceptors (Lipinski definition) is 6. The van der Waals surface area contributed by atoms with Gasteiger partial charge >= 0.3 is 6.09 Å². The van der Waals surface area contributed by atoms with Crippen LogP contribution in [0.4, 0.5) is 4.79 Å². The zero-order valence-electron chi connectivity index (χ0n) is 20.5. The van der Waals surface area contributed by atoms with Crippen molar-refractivity contribution in [3.05, 3.63) is 41.5 Å². The fourth-order valence-electron chi connectivity index (χ4n) is 4.51. The van der Waals surface area contributed by atoms with E-state index < -0.39 is 15.7 Å². The van der Waals surface area contributed by atoms with E-state index in [9.17, 15) is 13.2 Å². The summed E-state index contributed by atoms with van der Waals surface area (Å²) in [6.45, 7) is 10.2. The molecule has 2 aliphatic rings. The Hall–Kier alpha value is -1.90. The minimum atomic E-state index is -3.42. The molecule has 1 aliphatic heterocycles. The Morgan fingerprint density at radius 1 is 1.18 bits per heavy atom. The van der Waals surface area contributed by atoms with Crippen LogP contribution in [0.25, 0.3) is 6.08 Å². The molecule has 1 aromatic carbocycles. The van der Waals surface area contributed by atoms with Gasteiger partial charge in [0.05, 0.1) is 12.9 Å². The molecule has 0 N–H and O–H groups in total. The number of nitrogens with zero attached hydrogens (tertiary/aromatic N) is 2. The van der Waals surface area contributed by atoms with Crippen LogP contribution in [0.1, 0.15) is 52.5 Å². The van der Waals surface area contributed by atoms with Gasteiger partial charge in [-0.05, 0) is 52.5 Å². The third-order valence-corrected chi connectivity index (χ3v) is 6.75. The summed E-state index contributed by atoms with van der Waals surface area (Å²) in [6, 6.07) is 10.5. The van der Waals surface area contributed by atoms with Crippen LogP contribution in [0.3, 0.4) is 0 Å². The van der Waals surface area contributed by atoms with E-state index in [2.05, 4.69) is 30.0 Å². The summed E-state index contributed by atoms with van der Waals surface area (Å²) in [4.78, 5) is 17.4. The molecule has 3 rings (SSSR count). The first kappa shape index (κ1) is 25.7. The quantitative estimate of drug-likeness (QED) is 0.523. The average Bonchev–Trinajstić information content (AvgIpc) is 3.48. The van der Waals surface area contributed by atoms with Crippen molar-refractivity contribution < 1.29 is 22.1 Å². The Balaban J connectivity index is 1.64. The van der Waals surface area contributed by atoms with E-state index in [0.717, 1.165) is 38.6 Å². The van der Waals surface area contributed by atoms with Gasteiger partial charge in [-0.2, -0.15) is 8.42 Å². The van der Waals surface area contributed by atoms with Gasteiger partial charge in [-0.25, -0.2) is 4.79 Å². The second kappa shape index (κ2) is 10.6. The van der Waals surface area contributed by atoms with Crippen LogP contribution in [0.5, 0.6) is 0 Å². The zero-order valence-corrected chi connectivity index (χ0v) is 21.3. The van der Waals surface area contributed by atoms with E-state index in [0.29, 0.717) is 12.5 Å². The average molecular weight is 479 g/mol. The number of ether oxygens (including phenoxy) is 1. The lowest BCUT2D eigenvalue weighted by Crippen LogP contribution is -2.50. The number of carbonyl (C=O) groups excluding carboxylic acids is 1. The van der Waals surface area contributed by atoms with E-state index in [1.807, 2.05) is 43.9 Å². The lowest BCUT2D eigenvalue weighted by atomic mass is 10.0. The fraction of sp³-hybridized carbons (Fsp3) is 0.640. The van der Waals surface area contributed by atoms with Crippen LogP contribution in [0, 0.1) is 5.92 Å². The number of likely N-dealkylation sites (tertiary alicyclic amines) is 1. The van der Waals surface area contributed by atoms with Crippen molar-refractivity contribution in [3.8, 4) is 0 Å². The van der Waals surface area contributed by atoms with Crippen molar-refractivity contribution in [3.63, 3.8) is 0 Å². The van der Waals surface area contributed by atoms with E-state index in [1.54, 1.807) is 0 Å². The summed E-state index contributed by atoms with van der Waals surface area (Å²) in [7, 11) is -3.42. The van der Waals surface area contributed by atoms with Crippen molar-refractivity contribution >= 4 is 22.3 Å². The Labute approximate surface area is 198 Å². The van der Waals surface area contributed by atoms with Crippen molar-refractivity contribution in [2.45, 2.75) is 64.6 Å². The molecule has 8 heteroatoms. The van der Waals surface area contributed by atoms with Gasteiger partial charge in [0.25, 0.3) is 10.1 Å². The Morgan fingerprint density at radius 3 is 2.39 bits per heavy atom. The van der Waals surface area contributed by atoms with Gasteiger partial charge in [0.1, 0.15) is 5.60 Å². The van der Waals surface area contributed by atoms with E-state index in [4.69, 9.17) is 8.92 Å². The Morgan fingerprint density at radius 2 is 1.82 bits per heavy atom. The lowest BCUT2D eigenvalue weighted by molar-refractivity contribution is 0.00433. The number of hydrogen-bond donors (Lipinski definition) is 0. The maximum absolute atomic E-state index is 13.2. The molecule has 1 saturated carbocycles. The second-order valence-electron chi connectivity index (χ2n) is 10.2. The normalized spacial score (nSPS) is 22.8. The van der Waals surface area contributed by atoms with Gasteiger partial charge in [-0.1, -0.05) is 42.0 Å². The molecule has 0 unspecified atom stereocenters. The lowest BCUT2D eigenvalue weighted by Gasteiger charge is -2.39. The van der Waals surface area contributed by atoms with Gasteiger partial charge in [0, 0.05) is 37.6 Å². The summed E-state index contributed by atoms with van der Waals surface area (Å²) in [6.07, 6.45) is 5.67. The highest BCUT2D eigenvalue weighted by Gasteiger charge is 2.48. The van der Waals surface area contributed by atoms with Crippen LogP contribution < -0.4 is 0 Å². The molecule has 1 saturated heterocycles. The molecule has 0 radical (unpaired) electrons. The van der Waals surface area contributed by atoms with Gasteiger partial charge in [-0.15, -0.1) is 0 Å². The van der Waals surface area contributed by atoms with Crippen molar-refractivity contribution in [2.75, 3.05) is 32.5 Å². The summed E-state index contributed by atoms with van der Waals surface area (Å²) < 4.78 is 33.0. The van der Waals surface area contributed by atoms with Gasteiger partial charge in [0.15, 0.2) is 0 Å². The molecule has 33 heavy (non-hydrogen) atoms.